The summed E-state index contributed by atoms with van der Waals surface area (Å²) >= 11 is 0. The van der Waals surface area contributed by atoms with Crippen LogP contribution in [0.15, 0.2) is 23.1 Å². The Bertz CT molecular complexity index is 516. The van der Waals surface area contributed by atoms with Crippen molar-refractivity contribution in [3.8, 4) is 0 Å². The van der Waals surface area contributed by atoms with Crippen LogP contribution in [0, 0.1) is 5.82 Å². The molecule has 1 aromatic rings. The molecule has 0 aromatic heterocycles. The van der Waals surface area contributed by atoms with Gasteiger partial charge in [-0.15, -0.1) is 0 Å². The molecule has 0 amide bonds. The summed E-state index contributed by atoms with van der Waals surface area (Å²) < 4.78 is 36.9. The molecule has 0 bridgehead atoms. The van der Waals surface area contributed by atoms with Gasteiger partial charge in [0.05, 0.1) is 10.6 Å². The lowest BCUT2D eigenvalue weighted by Crippen LogP contribution is -2.32. The van der Waals surface area contributed by atoms with Gasteiger partial charge in [-0.1, -0.05) is 0 Å². The van der Waals surface area contributed by atoms with Gasteiger partial charge in [-0.2, -0.15) is 0 Å². The number of hydrogen-bond acceptors (Lipinski definition) is 4. The molecule has 0 fully saturated rings. The number of nitrogens with two attached hydrogens (primary N) is 1. The van der Waals surface area contributed by atoms with E-state index < -0.39 is 15.7 Å². The van der Waals surface area contributed by atoms with Gasteiger partial charge in [-0.25, -0.2) is 12.8 Å². The molecule has 0 aliphatic carbocycles. The number of sulfone groups is 1. The first kappa shape index (κ1) is 12.5. The minimum atomic E-state index is -3.25. The molecule has 0 saturated carbocycles. The predicted octanol–water partition coefficient (Wildman–Crippen LogP) is 0.592. The van der Waals surface area contributed by atoms with E-state index in [9.17, 15) is 12.8 Å². The molecule has 2 rings (SSSR count). The van der Waals surface area contributed by atoms with E-state index in [2.05, 4.69) is 5.32 Å². The largest absolute Gasteiger partial charge is 0.329 e. The average molecular weight is 258 g/mol. The lowest BCUT2D eigenvalue weighted by Gasteiger charge is -2.26. The molecule has 1 aliphatic rings. The summed E-state index contributed by atoms with van der Waals surface area (Å²) in [5, 5.41) is 3.14. The molecule has 0 radical (unpaired) electrons. The maximum Gasteiger partial charge on any atom is 0.178 e. The molecule has 4 nitrogen and oxygen atoms in total. The summed E-state index contributed by atoms with van der Waals surface area (Å²) in [6, 6.07) is 3.69. The van der Waals surface area contributed by atoms with Crippen LogP contribution in [0.1, 0.15) is 18.0 Å². The van der Waals surface area contributed by atoms with Crippen molar-refractivity contribution in [1.82, 2.24) is 5.32 Å². The maximum atomic E-state index is 13.2. The van der Waals surface area contributed by atoms with E-state index in [-0.39, 0.29) is 16.7 Å². The molecule has 1 unspecified atom stereocenters. The predicted molar refractivity (Wildman–Crippen MR) is 62.9 cm³/mol. The Morgan fingerprint density at radius 3 is 2.94 bits per heavy atom. The zero-order chi connectivity index (χ0) is 12.5. The van der Waals surface area contributed by atoms with Gasteiger partial charge in [-0.05, 0) is 30.2 Å². The monoisotopic (exact) mass is 258 g/mol. The summed E-state index contributed by atoms with van der Waals surface area (Å²) in [5.74, 6) is -0.325. The van der Waals surface area contributed by atoms with Gasteiger partial charge in [0, 0.05) is 19.1 Å². The van der Waals surface area contributed by atoms with Gasteiger partial charge in [0.15, 0.2) is 9.84 Å². The van der Waals surface area contributed by atoms with Crippen LogP contribution in [-0.2, 0) is 9.84 Å². The fraction of sp³-hybridized carbons (Fsp3) is 0.455. The van der Waals surface area contributed by atoms with Crippen molar-refractivity contribution in [3.05, 3.63) is 29.6 Å². The summed E-state index contributed by atoms with van der Waals surface area (Å²) in [6.07, 6.45) is 0.457. The van der Waals surface area contributed by atoms with Crippen LogP contribution in [0.25, 0.3) is 0 Å². The first-order chi connectivity index (χ1) is 8.04. The van der Waals surface area contributed by atoms with E-state index in [1.54, 1.807) is 0 Å². The Kier molecular flexibility index (Phi) is 3.46. The number of rotatable bonds is 3. The van der Waals surface area contributed by atoms with E-state index in [1.807, 2.05) is 0 Å². The number of halogens is 1. The second-order valence-electron chi connectivity index (χ2n) is 4.09. The highest BCUT2D eigenvalue weighted by Gasteiger charge is 2.30. The van der Waals surface area contributed by atoms with E-state index in [0.29, 0.717) is 25.1 Å². The van der Waals surface area contributed by atoms with Crippen molar-refractivity contribution < 1.29 is 12.8 Å². The highest BCUT2D eigenvalue weighted by Crippen LogP contribution is 2.32. The SMILES string of the molecule is NCCNC1CCS(=O)(=O)c2ccc(F)cc21. The van der Waals surface area contributed by atoms with E-state index in [4.69, 9.17) is 5.73 Å². The zero-order valence-electron chi connectivity index (χ0n) is 9.32. The van der Waals surface area contributed by atoms with Crippen molar-refractivity contribution >= 4 is 9.84 Å². The molecule has 17 heavy (non-hydrogen) atoms. The van der Waals surface area contributed by atoms with Crippen molar-refractivity contribution in [2.45, 2.75) is 17.4 Å². The second-order valence-corrected chi connectivity index (χ2v) is 6.16. The fourth-order valence-electron chi connectivity index (χ4n) is 2.08. The Hall–Kier alpha value is -0.980. The highest BCUT2D eigenvalue weighted by molar-refractivity contribution is 7.91. The molecule has 1 atom stereocenters. The Morgan fingerprint density at radius 2 is 2.24 bits per heavy atom. The topological polar surface area (TPSA) is 72.2 Å². The Labute approximate surface area is 99.9 Å². The number of fused-ring (bicyclic) bond motifs is 1. The number of nitrogens with one attached hydrogen (secondary N) is 1. The maximum absolute atomic E-state index is 13.2. The van der Waals surface area contributed by atoms with Gasteiger partial charge < -0.3 is 11.1 Å². The van der Waals surface area contributed by atoms with Crippen LogP contribution in [0.4, 0.5) is 4.39 Å². The molecule has 94 valence electrons. The van der Waals surface area contributed by atoms with Crippen molar-refractivity contribution in [3.63, 3.8) is 0 Å². The second kappa shape index (κ2) is 4.72. The summed E-state index contributed by atoms with van der Waals surface area (Å²) in [4.78, 5) is 0.236. The first-order valence-corrected chi connectivity index (χ1v) is 7.15. The smallest absolute Gasteiger partial charge is 0.178 e. The van der Waals surface area contributed by atoms with E-state index in [1.165, 1.54) is 18.2 Å². The van der Waals surface area contributed by atoms with Crippen LogP contribution in [0.2, 0.25) is 0 Å². The molecule has 3 N–H and O–H groups in total. The van der Waals surface area contributed by atoms with Gasteiger partial charge in [0.2, 0.25) is 0 Å². The molecule has 0 spiro atoms. The summed E-state index contributed by atoms with van der Waals surface area (Å²) in [6.45, 7) is 1.05. The summed E-state index contributed by atoms with van der Waals surface area (Å²) in [7, 11) is -3.25. The standard InChI is InChI=1S/C11H15FN2O2S/c12-8-1-2-11-9(7-8)10(14-5-4-13)3-6-17(11,15)16/h1-2,7,10,14H,3-6,13H2. The van der Waals surface area contributed by atoms with E-state index >= 15 is 0 Å². The molecular formula is C11H15FN2O2S. The van der Waals surface area contributed by atoms with Gasteiger partial charge >= 0.3 is 0 Å². The third-order valence-electron chi connectivity index (χ3n) is 2.89. The lowest BCUT2D eigenvalue weighted by atomic mass is 10.0. The van der Waals surface area contributed by atoms with Crippen LogP contribution < -0.4 is 11.1 Å². The fourth-order valence-corrected chi connectivity index (χ4v) is 3.68. The number of hydrogen-bond donors (Lipinski definition) is 2. The minimum absolute atomic E-state index is 0.0911. The molecule has 0 saturated heterocycles. The third kappa shape index (κ3) is 2.48. The lowest BCUT2D eigenvalue weighted by molar-refractivity contribution is 0.493. The van der Waals surface area contributed by atoms with Crippen LogP contribution in [0.3, 0.4) is 0 Å². The number of benzene rings is 1. The van der Waals surface area contributed by atoms with Gasteiger partial charge in [0.25, 0.3) is 0 Å². The van der Waals surface area contributed by atoms with Crippen molar-refractivity contribution in [2.75, 3.05) is 18.8 Å². The van der Waals surface area contributed by atoms with Crippen LogP contribution in [0.5, 0.6) is 0 Å². The van der Waals surface area contributed by atoms with Crippen molar-refractivity contribution in [1.29, 1.82) is 0 Å². The van der Waals surface area contributed by atoms with Crippen molar-refractivity contribution in [2.24, 2.45) is 5.73 Å². The molecule has 1 aliphatic heterocycles. The average Bonchev–Trinajstić information content (AvgIpc) is 2.28. The van der Waals surface area contributed by atoms with Crippen LogP contribution in [-0.4, -0.2) is 27.3 Å². The first-order valence-electron chi connectivity index (χ1n) is 5.50. The zero-order valence-corrected chi connectivity index (χ0v) is 10.1. The van der Waals surface area contributed by atoms with Gasteiger partial charge in [0.1, 0.15) is 5.82 Å². The summed E-state index contributed by atoms with van der Waals surface area (Å²) in [5.41, 5.74) is 5.91. The molecule has 6 heteroatoms. The third-order valence-corrected chi connectivity index (χ3v) is 4.71. The molecule has 1 heterocycles. The van der Waals surface area contributed by atoms with Crippen LogP contribution >= 0.6 is 0 Å². The Balaban J connectivity index is 2.42. The molecule has 1 aromatic carbocycles. The quantitative estimate of drug-likeness (QED) is 0.778. The molecular weight excluding hydrogens is 243 g/mol. The van der Waals surface area contributed by atoms with Gasteiger partial charge in [-0.3, -0.25) is 0 Å². The highest BCUT2D eigenvalue weighted by atomic mass is 32.2. The van der Waals surface area contributed by atoms with E-state index in [0.717, 1.165) is 0 Å². The minimum Gasteiger partial charge on any atom is -0.329 e. The normalized spacial score (nSPS) is 22.1. The Morgan fingerprint density at radius 1 is 1.47 bits per heavy atom.